The lowest BCUT2D eigenvalue weighted by molar-refractivity contribution is -0.141. The maximum absolute atomic E-state index is 12.7. The molecule has 2 aromatic rings. The molecule has 1 N–H and O–H groups in total. The molecule has 2 atom stereocenters. The molecule has 0 aromatic heterocycles. The molecule has 1 saturated heterocycles. The molecule has 0 aliphatic carbocycles. The predicted molar refractivity (Wildman–Crippen MR) is 96.3 cm³/mol. The van der Waals surface area contributed by atoms with Crippen LogP contribution < -0.4 is 0 Å². The second-order valence-electron chi connectivity index (χ2n) is 6.67. The highest BCUT2D eigenvalue weighted by atomic mass is 16.4. The third-order valence-electron chi connectivity index (χ3n) is 4.91. The van der Waals surface area contributed by atoms with Crippen molar-refractivity contribution in [3.05, 3.63) is 71.8 Å². The predicted octanol–water partition coefficient (Wildman–Crippen LogP) is 3.34. The molecular formula is C21H23NO3. The normalized spacial score (nSPS) is 18.1. The first-order valence-corrected chi connectivity index (χ1v) is 8.73. The van der Waals surface area contributed by atoms with Crippen molar-refractivity contribution in [3.8, 4) is 0 Å². The van der Waals surface area contributed by atoms with Gasteiger partial charge in [-0.15, -0.1) is 0 Å². The van der Waals surface area contributed by atoms with Crippen molar-refractivity contribution in [2.24, 2.45) is 5.92 Å². The van der Waals surface area contributed by atoms with Gasteiger partial charge in [0, 0.05) is 19.5 Å². The molecule has 1 heterocycles. The quantitative estimate of drug-likeness (QED) is 0.879. The van der Waals surface area contributed by atoms with E-state index in [0.717, 1.165) is 12.0 Å². The number of benzene rings is 2. The summed E-state index contributed by atoms with van der Waals surface area (Å²) in [5.74, 6) is -1.08. The van der Waals surface area contributed by atoms with Gasteiger partial charge in [0.25, 0.3) is 0 Å². The summed E-state index contributed by atoms with van der Waals surface area (Å²) in [7, 11) is 0. The standard InChI is InChI=1S/C21H23NO3/c23-20(22-12-11-18(15-22)21(24)25)14-19(17-9-5-2-6-10-17)13-16-7-3-1-4-8-16/h1-10,18-19H,11-15H2,(H,24,25). The molecule has 0 saturated carbocycles. The number of amides is 1. The Morgan fingerprint density at radius 1 is 1.04 bits per heavy atom. The van der Waals surface area contributed by atoms with Crippen LogP contribution in [0.15, 0.2) is 60.7 Å². The van der Waals surface area contributed by atoms with Crippen LogP contribution in [0, 0.1) is 5.92 Å². The first-order valence-electron chi connectivity index (χ1n) is 8.73. The summed E-state index contributed by atoms with van der Waals surface area (Å²) in [6.07, 6.45) is 1.76. The molecule has 0 spiro atoms. The van der Waals surface area contributed by atoms with Gasteiger partial charge in [0.1, 0.15) is 0 Å². The van der Waals surface area contributed by atoms with Crippen LogP contribution in [-0.2, 0) is 16.0 Å². The zero-order valence-corrected chi connectivity index (χ0v) is 14.2. The van der Waals surface area contributed by atoms with Gasteiger partial charge in [-0.05, 0) is 29.9 Å². The number of hydrogen-bond donors (Lipinski definition) is 1. The van der Waals surface area contributed by atoms with E-state index in [2.05, 4.69) is 24.3 Å². The summed E-state index contributed by atoms with van der Waals surface area (Å²) in [5, 5.41) is 9.13. The van der Waals surface area contributed by atoms with Gasteiger partial charge >= 0.3 is 5.97 Å². The van der Waals surface area contributed by atoms with E-state index in [-0.39, 0.29) is 11.8 Å². The number of hydrogen-bond acceptors (Lipinski definition) is 2. The number of carbonyl (C=O) groups excluding carboxylic acids is 1. The largest absolute Gasteiger partial charge is 0.481 e. The lowest BCUT2D eigenvalue weighted by Gasteiger charge is -2.22. The lowest BCUT2D eigenvalue weighted by Crippen LogP contribution is -2.31. The molecule has 2 aromatic carbocycles. The summed E-state index contributed by atoms with van der Waals surface area (Å²) in [6, 6.07) is 20.3. The van der Waals surface area contributed by atoms with Crippen molar-refractivity contribution in [2.45, 2.75) is 25.2 Å². The first-order chi connectivity index (χ1) is 12.1. The van der Waals surface area contributed by atoms with E-state index in [4.69, 9.17) is 5.11 Å². The van der Waals surface area contributed by atoms with Gasteiger partial charge in [-0.3, -0.25) is 9.59 Å². The van der Waals surface area contributed by atoms with Gasteiger partial charge in [0.15, 0.2) is 0 Å². The Bertz CT molecular complexity index is 714. The lowest BCUT2D eigenvalue weighted by atomic mass is 9.89. The van der Waals surface area contributed by atoms with E-state index in [1.165, 1.54) is 5.56 Å². The highest BCUT2D eigenvalue weighted by Crippen LogP contribution is 2.27. The summed E-state index contributed by atoms with van der Waals surface area (Å²) in [4.78, 5) is 25.5. The molecule has 1 fully saturated rings. The molecule has 0 radical (unpaired) electrons. The van der Waals surface area contributed by atoms with Gasteiger partial charge in [-0.1, -0.05) is 60.7 Å². The fraction of sp³-hybridized carbons (Fsp3) is 0.333. The fourth-order valence-electron chi connectivity index (χ4n) is 3.46. The topological polar surface area (TPSA) is 57.6 Å². The molecule has 1 amide bonds. The maximum atomic E-state index is 12.7. The monoisotopic (exact) mass is 337 g/mol. The highest BCUT2D eigenvalue weighted by molar-refractivity contribution is 5.79. The molecule has 1 aliphatic rings. The summed E-state index contributed by atoms with van der Waals surface area (Å²) >= 11 is 0. The molecule has 4 nitrogen and oxygen atoms in total. The van der Waals surface area contributed by atoms with Gasteiger partial charge in [-0.2, -0.15) is 0 Å². The van der Waals surface area contributed by atoms with Crippen molar-refractivity contribution < 1.29 is 14.7 Å². The Labute approximate surface area is 148 Å². The second-order valence-corrected chi connectivity index (χ2v) is 6.67. The highest BCUT2D eigenvalue weighted by Gasteiger charge is 2.31. The smallest absolute Gasteiger partial charge is 0.308 e. The van der Waals surface area contributed by atoms with Crippen LogP contribution in [0.2, 0.25) is 0 Å². The number of aliphatic carboxylic acids is 1. The van der Waals surface area contributed by atoms with E-state index in [0.29, 0.717) is 25.9 Å². The number of carboxylic acids is 1. The Balaban J connectivity index is 1.71. The van der Waals surface area contributed by atoms with Crippen molar-refractivity contribution in [1.29, 1.82) is 0 Å². The van der Waals surface area contributed by atoms with Crippen LogP contribution in [0.1, 0.15) is 29.9 Å². The van der Waals surface area contributed by atoms with Crippen LogP contribution in [0.5, 0.6) is 0 Å². The van der Waals surface area contributed by atoms with E-state index >= 15 is 0 Å². The third-order valence-corrected chi connectivity index (χ3v) is 4.91. The Hall–Kier alpha value is -2.62. The Morgan fingerprint density at radius 3 is 2.28 bits per heavy atom. The number of likely N-dealkylation sites (tertiary alicyclic amines) is 1. The van der Waals surface area contributed by atoms with Gasteiger partial charge in [-0.25, -0.2) is 0 Å². The van der Waals surface area contributed by atoms with E-state index < -0.39 is 11.9 Å². The van der Waals surface area contributed by atoms with Crippen LogP contribution >= 0.6 is 0 Å². The summed E-state index contributed by atoms with van der Waals surface area (Å²) in [6.45, 7) is 0.879. The average Bonchev–Trinajstić information content (AvgIpc) is 3.13. The number of rotatable bonds is 6. The van der Waals surface area contributed by atoms with Gasteiger partial charge < -0.3 is 10.0 Å². The molecule has 4 heteroatoms. The number of carboxylic acid groups (broad SMARTS) is 1. The maximum Gasteiger partial charge on any atom is 0.308 e. The SMILES string of the molecule is O=C(O)C1CCN(C(=O)CC(Cc2ccccc2)c2ccccc2)C1. The fourth-order valence-corrected chi connectivity index (χ4v) is 3.46. The van der Waals surface area contributed by atoms with Crippen molar-refractivity contribution in [3.63, 3.8) is 0 Å². The van der Waals surface area contributed by atoms with Gasteiger partial charge in [0.05, 0.1) is 5.92 Å². The number of carbonyl (C=O) groups is 2. The van der Waals surface area contributed by atoms with Crippen LogP contribution in [0.25, 0.3) is 0 Å². The molecule has 25 heavy (non-hydrogen) atoms. The van der Waals surface area contributed by atoms with Crippen molar-refractivity contribution in [2.75, 3.05) is 13.1 Å². The molecular weight excluding hydrogens is 314 g/mol. The van der Waals surface area contributed by atoms with Crippen LogP contribution in [0.3, 0.4) is 0 Å². The zero-order valence-electron chi connectivity index (χ0n) is 14.2. The van der Waals surface area contributed by atoms with E-state index in [1.807, 2.05) is 36.4 Å². The molecule has 2 unspecified atom stereocenters. The molecule has 130 valence electrons. The van der Waals surface area contributed by atoms with E-state index in [9.17, 15) is 9.59 Å². The average molecular weight is 337 g/mol. The molecule has 1 aliphatic heterocycles. The zero-order chi connectivity index (χ0) is 17.6. The van der Waals surface area contributed by atoms with E-state index in [1.54, 1.807) is 4.90 Å². The third kappa shape index (κ3) is 4.47. The summed E-state index contributed by atoms with van der Waals surface area (Å²) < 4.78 is 0. The van der Waals surface area contributed by atoms with Crippen molar-refractivity contribution in [1.82, 2.24) is 4.90 Å². The minimum atomic E-state index is -0.806. The Kier molecular flexibility index (Phi) is 5.49. The summed E-state index contributed by atoms with van der Waals surface area (Å²) in [5.41, 5.74) is 2.35. The minimum Gasteiger partial charge on any atom is -0.481 e. The van der Waals surface area contributed by atoms with Crippen molar-refractivity contribution >= 4 is 11.9 Å². The number of nitrogens with zero attached hydrogens (tertiary/aromatic N) is 1. The molecule has 3 rings (SSSR count). The van der Waals surface area contributed by atoms with Gasteiger partial charge in [0.2, 0.25) is 5.91 Å². The Morgan fingerprint density at radius 2 is 1.68 bits per heavy atom. The van der Waals surface area contributed by atoms with Crippen LogP contribution in [-0.4, -0.2) is 35.0 Å². The minimum absolute atomic E-state index is 0.0496. The molecule has 0 bridgehead atoms. The first kappa shape index (κ1) is 17.2. The van der Waals surface area contributed by atoms with Crippen LogP contribution in [0.4, 0.5) is 0 Å². The second kappa shape index (κ2) is 7.97.